The minimum Gasteiger partial charge on any atom is -0.493 e. The molecule has 0 aliphatic rings. The highest BCUT2D eigenvalue weighted by Crippen LogP contribution is 2.32. The van der Waals surface area contributed by atoms with E-state index in [0.717, 1.165) is 12.3 Å². The Morgan fingerprint density at radius 1 is 1.19 bits per heavy atom. The fourth-order valence-electron chi connectivity index (χ4n) is 1.49. The highest BCUT2D eigenvalue weighted by molar-refractivity contribution is 5.76. The van der Waals surface area contributed by atoms with Gasteiger partial charge in [0.05, 0.1) is 7.11 Å². The number of hydrogen-bond donors (Lipinski definition) is 0. The summed E-state index contributed by atoms with van der Waals surface area (Å²) in [6.45, 7) is 0. The van der Waals surface area contributed by atoms with Crippen molar-refractivity contribution < 1.29 is 27.4 Å². The molecule has 0 amide bonds. The van der Waals surface area contributed by atoms with Gasteiger partial charge in [-0.05, 0) is 24.3 Å². The van der Waals surface area contributed by atoms with Crippen LogP contribution in [-0.2, 0) is 6.18 Å². The minimum absolute atomic E-state index is 0.0995. The molecule has 1 heterocycles. The first-order valence-corrected chi connectivity index (χ1v) is 5.65. The van der Waals surface area contributed by atoms with Gasteiger partial charge in [-0.2, -0.15) is 18.2 Å². The third-order valence-electron chi connectivity index (χ3n) is 2.45. The summed E-state index contributed by atoms with van der Waals surface area (Å²) in [4.78, 5) is 17.5. The van der Waals surface area contributed by atoms with Gasteiger partial charge in [-0.15, -0.1) is 0 Å². The van der Waals surface area contributed by atoms with Crippen molar-refractivity contribution in [3.8, 4) is 17.5 Å². The predicted molar refractivity (Wildman–Crippen MR) is 65.5 cm³/mol. The highest BCUT2D eigenvalue weighted by Gasteiger charge is 2.33. The Balaban J connectivity index is 2.32. The topological polar surface area (TPSA) is 61.3 Å². The van der Waals surface area contributed by atoms with E-state index in [2.05, 4.69) is 9.97 Å². The Bertz CT molecular complexity index is 659. The smallest absolute Gasteiger partial charge is 0.433 e. The van der Waals surface area contributed by atoms with Gasteiger partial charge in [-0.1, -0.05) is 0 Å². The number of aromatic nitrogens is 2. The molecule has 110 valence electrons. The van der Waals surface area contributed by atoms with Crippen molar-refractivity contribution in [2.75, 3.05) is 7.11 Å². The first kappa shape index (κ1) is 14.8. The summed E-state index contributed by atoms with van der Waals surface area (Å²) in [5.41, 5.74) is -0.778. The van der Waals surface area contributed by atoms with Gasteiger partial charge in [0.1, 0.15) is 6.29 Å². The molecule has 1 aromatic heterocycles. The van der Waals surface area contributed by atoms with Crippen LogP contribution in [0.2, 0.25) is 0 Å². The van der Waals surface area contributed by atoms with Crippen LogP contribution >= 0.6 is 0 Å². The lowest BCUT2D eigenvalue weighted by Crippen LogP contribution is -2.09. The molecule has 1 aromatic carbocycles. The van der Waals surface area contributed by atoms with Crippen LogP contribution in [0.3, 0.4) is 0 Å². The minimum atomic E-state index is -4.59. The normalized spacial score (nSPS) is 11.0. The van der Waals surface area contributed by atoms with Crippen molar-refractivity contribution in [3.63, 3.8) is 0 Å². The molecule has 0 saturated carbocycles. The zero-order valence-electron chi connectivity index (χ0n) is 10.7. The Morgan fingerprint density at radius 2 is 1.95 bits per heavy atom. The van der Waals surface area contributed by atoms with Crippen LogP contribution in [0.15, 0.2) is 30.5 Å². The number of rotatable bonds is 4. The van der Waals surface area contributed by atoms with E-state index in [9.17, 15) is 18.0 Å². The highest BCUT2D eigenvalue weighted by atomic mass is 19.4. The average Bonchev–Trinajstić information content (AvgIpc) is 2.47. The maximum atomic E-state index is 12.5. The molecule has 0 aliphatic carbocycles. The molecule has 21 heavy (non-hydrogen) atoms. The van der Waals surface area contributed by atoms with E-state index in [4.69, 9.17) is 9.47 Å². The maximum absolute atomic E-state index is 12.5. The van der Waals surface area contributed by atoms with Crippen molar-refractivity contribution in [2.45, 2.75) is 6.18 Å². The van der Waals surface area contributed by atoms with Crippen molar-refractivity contribution in [1.29, 1.82) is 0 Å². The van der Waals surface area contributed by atoms with Gasteiger partial charge < -0.3 is 9.47 Å². The number of carbonyl (C=O) groups is 1. The summed E-state index contributed by atoms with van der Waals surface area (Å²) >= 11 is 0. The third kappa shape index (κ3) is 3.47. The summed E-state index contributed by atoms with van der Waals surface area (Å²) in [5, 5.41) is 0. The molecular weight excluding hydrogens is 289 g/mol. The number of nitrogens with zero attached hydrogens (tertiary/aromatic N) is 2. The molecule has 0 aliphatic heterocycles. The van der Waals surface area contributed by atoms with Crippen LogP contribution in [-0.4, -0.2) is 23.4 Å². The zero-order valence-corrected chi connectivity index (χ0v) is 10.7. The van der Waals surface area contributed by atoms with E-state index in [1.165, 1.54) is 25.3 Å². The zero-order chi connectivity index (χ0) is 15.5. The largest absolute Gasteiger partial charge is 0.493 e. The quantitative estimate of drug-likeness (QED) is 0.812. The van der Waals surface area contributed by atoms with Crippen LogP contribution in [0.4, 0.5) is 13.2 Å². The second kappa shape index (κ2) is 5.78. The van der Waals surface area contributed by atoms with E-state index < -0.39 is 17.9 Å². The van der Waals surface area contributed by atoms with E-state index in [1.54, 1.807) is 0 Å². The Hall–Kier alpha value is -2.64. The molecule has 0 spiro atoms. The number of methoxy groups -OCH3 is 1. The second-order valence-corrected chi connectivity index (χ2v) is 3.85. The lowest BCUT2D eigenvalue weighted by molar-refractivity contribution is -0.141. The first-order valence-electron chi connectivity index (χ1n) is 5.65. The average molecular weight is 298 g/mol. The summed E-state index contributed by atoms with van der Waals surface area (Å²) in [6, 6.07) is 4.46. The summed E-state index contributed by atoms with van der Waals surface area (Å²) in [6.07, 6.45) is -3.04. The number of halogens is 3. The van der Waals surface area contributed by atoms with E-state index in [1.807, 2.05) is 0 Å². The van der Waals surface area contributed by atoms with E-state index >= 15 is 0 Å². The van der Waals surface area contributed by atoms with Crippen molar-refractivity contribution in [3.05, 3.63) is 41.7 Å². The lowest BCUT2D eigenvalue weighted by Gasteiger charge is -2.10. The van der Waals surface area contributed by atoms with Crippen LogP contribution in [0.5, 0.6) is 17.5 Å². The number of hydrogen-bond acceptors (Lipinski definition) is 5. The van der Waals surface area contributed by atoms with Gasteiger partial charge >= 0.3 is 12.2 Å². The molecule has 8 heteroatoms. The molecule has 2 rings (SSSR count). The molecule has 0 N–H and O–H groups in total. The van der Waals surface area contributed by atoms with Gasteiger partial charge in [-0.25, -0.2) is 4.98 Å². The van der Waals surface area contributed by atoms with E-state index in [0.29, 0.717) is 11.8 Å². The van der Waals surface area contributed by atoms with Crippen LogP contribution in [0, 0.1) is 0 Å². The van der Waals surface area contributed by atoms with Gasteiger partial charge in [-0.3, -0.25) is 4.79 Å². The number of alkyl halides is 3. The number of ether oxygens (including phenoxy) is 2. The van der Waals surface area contributed by atoms with Gasteiger partial charge in [0, 0.05) is 11.8 Å². The fraction of sp³-hybridized carbons (Fsp3) is 0.154. The Morgan fingerprint density at radius 3 is 2.57 bits per heavy atom. The molecule has 0 fully saturated rings. The maximum Gasteiger partial charge on any atom is 0.433 e. The second-order valence-electron chi connectivity index (χ2n) is 3.85. The number of benzene rings is 1. The Labute approximate surface area is 117 Å². The van der Waals surface area contributed by atoms with Crippen molar-refractivity contribution in [2.24, 2.45) is 0 Å². The molecule has 2 aromatic rings. The molecule has 0 radical (unpaired) electrons. The summed E-state index contributed by atoms with van der Waals surface area (Å²) < 4.78 is 47.8. The van der Waals surface area contributed by atoms with Gasteiger partial charge in [0.2, 0.25) is 0 Å². The molecule has 0 atom stereocenters. The van der Waals surface area contributed by atoms with Crippen LogP contribution in [0.25, 0.3) is 0 Å². The third-order valence-corrected chi connectivity index (χ3v) is 2.45. The monoisotopic (exact) mass is 298 g/mol. The Kier molecular flexibility index (Phi) is 4.06. The molecular formula is C13H9F3N2O3. The molecule has 0 bridgehead atoms. The van der Waals surface area contributed by atoms with Crippen LogP contribution in [0.1, 0.15) is 16.1 Å². The van der Waals surface area contributed by atoms with Crippen molar-refractivity contribution >= 4 is 6.29 Å². The lowest BCUT2D eigenvalue weighted by atomic mass is 10.2. The van der Waals surface area contributed by atoms with Crippen molar-refractivity contribution in [1.82, 2.24) is 9.97 Å². The molecule has 0 unspecified atom stereocenters. The summed E-state index contributed by atoms with van der Waals surface area (Å²) in [5.74, 6) is 0.281. The number of aldehydes is 1. The molecule has 0 saturated heterocycles. The predicted octanol–water partition coefficient (Wildman–Crippen LogP) is 3.11. The fourth-order valence-corrected chi connectivity index (χ4v) is 1.49. The van der Waals surface area contributed by atoms with E-state index in [-0.39, 0.29) is 11.5 Å². The van der Waals surface area contributed by atoms with Gasteiger partial charge in [0.15, 0.2) is 17.2 Å². The summed E-state index contributed by atoms with van der Waals surface area (Å²) in [7, 11) is 1.34. The SMILES string of the molecule is COc1cc(C=O)ccc1Oc1nccc(C(F)(F)F)n1. The molecule has 5 nitrogen and oxygen atoms in total. The van der Waals surface area contributed by atoms with Crippen LogP contribution < -0.4 is 9.47 Å². The number of carbonyl (C=O) groups excluding carboxylic acids is 1. The first-order chi connectivity index (χ1) is 9.94. The van der Waals surface area contributed by atoms with Gasteiger partial charge in [0.25, 0.3) is 0 Å². The standard InChI is InChI=1S/C13H9F3N2O3/c1-20-10-6-8(7-19)2-3-9(10)21-12-17-5-4-11(18-12)13(14,15)16/h2-7H,1H3.